The van der Waals surface area contributed by atoms with E-state index in [4.69, 9.17) is 4.42 Å². The minimum atomic E-state index is 0. The molecule has 0 unspecified atom stereocenters. The van der Waals surface area contributed by atoms with Gasteiger partial charge in [-0.05, 0) is 55.9 Å². The van der Waals surface area contributed by atoms with Crippen LogP contribution in [0.2, 0.25) is 0 Å². The maximum Gasteiger partial charge on any atom is 0.216 e. The van der Waals surface area contributed by atoms with Crippen LogP contribution in [0.25, 0.3) is 44.6 Å². The molecule has 0 N–H and O–H groups in total. The molecule has 0 aliphatic rings. The van der Waals surface area contributed by atoms with E-state index >= 15 is 0 Å². The van der Waals surface area contributed by atoms with E-state index in [1.54, 1.807) is 12.4 Å². The van der Waals surface area contributed by atoms with Crippen molar-refractivity contribution in [2.24, 2.45) is 0 Å². The van der Waals surface area contributed by atoms with Gasteiger partial charge in [-0.15, -0.1) is 53.6 Å². The largest absolute Gasteiger partial charge is 0.486 e. The number of benzene rings is 2. The number of fused-ring (bicyclic) bond motifs is 3. The second-order valence-corrected chi connectivity index (χ2v) is 8.71. The first-order chi connectivity index (χ1) is 17.0. The fraction of sp³-hybridized carbons (Fsp3) is 0.129. The van der Waals surface area contributed by atoms with Crippen LogP contribution >= 0.6 is 0 Å². The van der Waals surface area contributed by atoms with Gasteiger partial charge in [-0.25, -0.2) is 4.98 Å². The Labute approximate surface area is 224 Å². The van der Waals surface area contributed by atoms with Gasteiger partial charge >= 0.3 is 0 Å². The van der Waals surface area contributed by atoms with Crippen LogP contribution in [-0.2, 0) is 20.1 Å². The van der Waals surface area contributed by atoms with Crippen molar-refractivity contribution < 1.29 is 24.5 Å². The van der Waals surface area contributed by atoms with Crippen LogP contribution in [0, 0.1) is 39.8 Å². The van der Waals surface area contributed by atoms with Gasteiger partial charge in [-0.2, -0.15) is 0 Å². The van der Waals surface area contributed by atoms with E-state index in [0.717, 1.165) is 44.4 Å². The zero-order valence-electron chi connectivity index (χ0n) is 20.6. The molecule has 5 heteroatoms. The van der Waals surface area contributed by atoms with Crippen LogP contribution in [0.5, 0.6) is 0 Å². The summed E-state index contributed by atoms with van der Waals surface area (Å²) in [6, 6.07) is 26.6. The molecule has 0 saturated carbocycles. The molecule has 6 rings (SSSR count). The first-order valence-corrected chi connectivity index (χ1v) is 11.5. The Morgan fingerprint density at radius 3 is 2.33 bits per heavy atom. The normalized spacial score (nSPS) is 10.6. The third-order valence-electron chi connectivity index (χ3n) is 6.00. The van der Waals surface area contributed by atoms with Crippen LogP contribution < -0.4 is 0 Å². The van der Waals surface area contributed by atoms with E-state index < -0.39 is 0 Å². The minimum Gasteiger partial charge on any atom is -0.486 e. The predicted molar refractivity (Wildman–Crippen MR) is 141 cm³/mol. The fourth-order valence-electron chi connectivity index (χ4n) is 3.87. The molecule has 0 amide bonds. The number of furan rings is 1. The Bertz CT molecular complexity index is 1640. The standard InChI is InChI=1S/C17H11N2O.C14H14N.Ir/c1-11-7-9-18-15(10-11)14-5-2-4-12-13-6-3-8-19-17(13)20-16(12)14;1-10-4-6-13(7-5-10)14-8-11(2)12(3)9-15-14;/h2-4,6-10H,1H3;4-6,8-9H,1-3H3;/q2*-1;. The van der Waals surface area contributed by atoms with Gasteiger partial charge in [0.1, 0.15) is 0 Å². The molecule has 4 heterocycles. The van der Waals surface area contributed by atoms with Gasteiger partial charge in [0.25, 0.3) is 0 Å². The first kappa shape index (κ1) is 25.4. The number of rotatable bonds is 2. The fourth-order valence-corrected chi connectivity index (χ4v) is 3.87. The molecule has 0 aliphatic heterocycles. The number of aryl methyl sites for hydroxylation is 4. The molecule has 0 saturated heterocycles. The second-order valence-electron chi connectivity index (χ2n) is 8.71. The molecule has 0 fully saturated rings. The summed E-state index contributed by atoms with van der Waals surface area (Å²) in [4.78, 5) is 13.1. The number of hydrogen-bond acceptors (Lipinski definition) is 4. The Morgan fingerprint density at radius 1 is 0.722 bits per heavy atom. The molecule has 0 aliphatic carbocycles. The van der Waals surface area contributed by atoms with Crippen molar-refractivity contribution in [1.82, 2.24) is 15.0 Å². The van der Waals surface area contributed by atoms with Crippen LogP contribution in [0.3, 0.4) is 0 Å². The van der Waals surface area contributed by atoms with E-state index in [1.807, 2.05) is 55.6 Å². The zero-order valence-corrected chi connectivity index (χ0v) is 23.0. The molecule has 4 aromatic heterocycles. The monoisotopic (exact) mass is 648 g/mol. The predicted octanol–water partition coefficient (Wildman–Crippen LogP) is 7.62. The quantitative estimate of drug-likeness (QED) is 0.182. The summed E-state index contributed by atoms with van der Waals surface area (Å²) in [7, 11) is 0. The van der Waals surface area contributed by atoms with Gasteiger partial charge in [0, 0.05) is 44.1 Å². The van der Waals surface area contributed by atoms with E-state index in [1.165, 1.54) is 16.7 Å². The van der Waals surface area contributed by atoms with Gasteiger partial charge in [-0.3, -0.25) is 0 Å². The Hall–Kier alpha value is -3.66. The third kappa shape index (κ3) is 5.28. The second kappa shape index (κ2) is 10.9. The van der Waals surface area contributed by atoms with Crippen molar-refractivity contribution in [2.45, 2.75) is 27.7 Å². The molecule has 181 valence electrons. The number of pyridine rings is 3. The van der Waals surface area contributed by atoms with Crippen LogP contribution in [0.4, 0.5) is 0 Å². The van der Waals surface area contributed by atoms with Crippen molar-refractivity contribution in [3.63, 3.8) is 0 Å². The molecule has 1 radical (unpaired) electrons. The van der Waals surface area contributed by atoms with Crippen molar-refractivity contribution in [3.05, 3.63) is 114 Å². The van der Waals surface area contributed by atoms with E-state index in [2.05, 4.69) is 66.1 Å². The summed E-state index contributed by atoms with van der Waals surface area (Å²) >= 11 is 0. The van der Waals surface area contributed by atoms with Crippen molar-refractivity contribution in [2.75, 3.05) is 0 Å². The Morgan fingerprint density at radius 2 is 1.58 bits per heavy atom. The average Bonchev–Trinajstić information content (AvgIpc) is 3.26. The van der Waals surface area contributed by atoms with Crippen LogP contribution in [0.15, 0.2) is 83.7 Å². The van der Waals surface area contributed by atoms with Crippen LogP contribution in [0.1, 0.15) is 22.3 Å². The summed E-state index contributed by atoms with van der Waals surface area (Å²) < 4.78 is 5.90. The van der Waals surface area contributed by atoms with E-state index in [9.17, 15) is 0 Å². The maximum atomic E-state index is 5.90. The first-order valence-electron chi connectivity index (χ1n) is 11.5. The number of nitrogens with zero attached hydrogens (tertiary/aromatic N) is 3. The molecule has 0 atom stereocenters. The summed E-state index contributed by atoms with van der Waals surface area (Å²) in [6.07, 6.45) is 5.45. The molecule has 0 spiro atoms. The van der Waals surface area contributed by atoms with Gasteiger partial charge < -0.3 is 14.4 Å². The van der Waals surface area contributed by atoms with Crippen LogP contribution in [-0.4, -0.2) is 15.0 Å². The summed E-state index contributed by atoms with van der Waals surface area (Å²) in [5, 5.41) is 2.07. The average molecular weight is 648 g/mol. The molecule has 2 aromatic carbocycles. The zero-order chi connectivity index (χ0) is 24.4. The minimum absolute atomic E-state index is 0. The van der Waals surface area contributed by atoms with Gasteiger partial charge in [-0.1, -0.05) is 41.1 Å². The molecular weight excluding hydrogens is 623 g/mol. The van der Waals surface area contributed by atoms with Crippen molar-refractivity contribution >= 4 is 22.1 Å². The van der Waals surface area contributed by atoms with E-state index in [0.29, 0.717) is 5.71 Å². The smallest absolute Gasteiger partial charge is 0.216 e. The Balaban J connectivity index is 0.000000172. The SMILES string of the molecule is Cc1c[c-]c(-c2cc(C)c(C)cn2)cc1.Cc1ccnc(-c2[c-]ccc3c2oc2ncccc23)c1.[Ir]. The number of aromatic nitrogens is 3. The molecular formula is C31H25IrN3O-2. The molecule has 6 aromatic rings. The maximum absolute atomic E-state index is 5.90. The van der Waals surface area contributed by atoms with Gasteiger partial charge in [0.2, 0.25) is 5.71 Å². The summed E-state index contributed by atoms with van der Waals surface area (Å²) in [6.45, 7) is 8.29. The summed E-state index contributed by atoms with van der Waals surface area (Å²) in [5.41, 5.74) is 10.1. The van der Waals surface area contributed by atoms with Gasteiger partial charge in [0.15, 0.2) is 0 Å². The number of hydrogen-bond donors (Lipinski definition) is 0. The van der Waals surface area contributed by atoms with Gasteiger partial charge in [0.05, 0.1) is 5.58 Å². The van der Waals surface area contributed by atoms with E-state index in [-0.39, 0.29) is 20.1 Å². The molecule has 4 nitrogen and oxygen atoms in total. The topological polar surface area (TPSA) is 51.8 Å². The van der Waals surface area contributed by atoms with Crippen molar-refractivity contribution in [3.8, 4) is 22.5 Å². The molecule has 0 bridgehead atoms. The molecule has 36 heavy (non-hydrogen) atoms. The van der Waals surface area contributed by atoms with Crippen molar-refractivity contribution in [1.29, 1.82) is 0 Å². The Kier molecular flexibility index (Phi) is 7.73. The third-order valence-corrected chi connectivity index (χ3v) is 6.00. The summed E-state index contributed by atoms with van der Waals surface area (Å²) in [5.74, 6) is 0.